The molecule has 102 valence electrons. The molecule has 1 amide bonds. The third-order valence-corrected chi connectivity index (χ3v) is 3.96. The van der Waals surface area contributed by atoms with Gasteiger partial charge in [-0.1, -0.05) is 24.3 Å². The first-order valence-electron chi connectivity index (χ1n) is 6.68. The molecule has 3 rings (SSSR count). The molecule has 0 aliphatic carbocycles. The number of hydrogen-bond acceptors (Lipinski definition) is 4. The fraction of sp³-hybridized carbons (Fsp3) is 0.500. The van der Waals surface area contributed by atoms with Gasteiger partial charge in [-0.05, 0) is 11.1 Å². The summed E-state index contributed by atoms with van der Waals surface area (Å²) in [6.45, 7) is 3.59. The minimum atomic E-state index is -0.268. The lowest BCUT2D eigenvalue weighted by molar-refractivity contribution is -0.126. The zero-order valence-corrected chi connectivity index (χ0v) is 10.8. The van der Waals surface area contributed by atoms with E-state index in [9.17, 15) is 4.79 Å². The van der Waals surface area contributed by atoms with Crippen LogP contribution in [0.15, 0.2) is 24.3 Å². The van der Waals surface area contributed by atoms with E-state index in [1.165, 1.54) is 11.1 Å². The van der Waals surface area contributed by atoms with E-state index in [2.05, 4.69) is 22.3 Å². The molecule has 1 aromatic carbocycles. The molecule has 0 spiro atoms. The Labute approximate surface area is 112 Å². The zero-order chi connectivity index (χ0) is 13.2. The molecule has 0 radical (unpaired) electrons. The molecule has 2 heterocycles. The highest BCUT2D eigenvalue weighted by molar-refractivity contribution is 5.80. The van der Waals surface area contributed by atoms with Crippen molar-refractivity contribution in [3.05, 3.63) is 35.4 Å². The second-order valence-electron chi connectivity index (χ2n) is 5.09. The minimum Gasteiger partial charge on any atom is -0.375 e. The summed E-state index contributed by atoms with van der Waals surface area (Å²) < 4.78 is 5.68. The molecule has 5 nitrogen and oxygen atoms in total. The first-order chi connectivity index (χ1) is 9.27. The second-order valence-corrected chi connectivity index (χ2v) is 5.09. The van der Waals surface area contributed by atoms with Crippen LogP contribution in [0.3, 0.4) is 0 Å². The first kappa shape index (κ1) is 12.6. The third kappa shape index (κ3) is 2.36. The number of hydrogen-bond donors (Lipinski definition) is 2. The van der Waals surface area contributed by atoms with Gasteiger partial charge in [0.1, 0.15) is 6.04 Å². The van der Waals surface area contributed by atoms with E-state index in [0.717, 1.165) is 13.1 Å². The number of piperazine rings is 1. The summed E-state index contributed by atoms with van der Waals surface area (Å²) in [5.74, 6) is -0.268. The SMILES string of the molecule is NC(=O)C1CNCCN1C1COCc2ccccc21. The molecule has 0 bridgehead atoms. The molecule has 2 aliphatic rings. The Kier molecular flexibility index (Phi) is 3.50. The van der Waals surface area contributed by atoms with Gasteiger partial charge in [-0.3, -0.25) is 9.69 Å². The summed E-state index contributed by atoms with van der Waals surface area (Å²) in [6.07, 6.45) is 0. The molecule has 2 atom stereocenters. The van der Waals surface area contributed by atoms with E-state index in [-0.39, 0.29) is 18.0 Å². The van der Waals surface area contributed by atoms with E-state index in [1.54, 1.807) is 0 Å². The second kappa shape index (κ2) is 5.28. The maximum atomic E-state index is 11.6. The number of rotatable bonds is 2. The van der Waals surface area contributed by atoms with Gasteiger partial charge in [0, 0.05) is 19.6 Å². The number of nitrogens with two attached hydrogens (primary N) is 1. The summed E-state index contributed by atoms with van der Waals surface area (Å²) in [5, 5.41) is 3.23. The van der Waals surface area contributed by atoms with E-state index in [4.69, 9.17) is 10.5 Å². The summed E-state index contributed by atoms with van der Waals surface area (Å²) in [4.78, 5) is 13.8. The standard InChI is InChI=1S/C14H19N3O2/c15-14(18)12-7-16-5-6-17(12)13-9-19-8-10-3-1-2-4-11(10)13/h1-4,12-13,16H,5-9H2,(H2,15,18). The van der Waals surface area contributed by atoms with Crippen molar-refractivity contribution in [1.82, 2.24) is 10.2 Å². The smallest absolute Gasteiger partial charge is 0.236 e. The van der Waals surface area contributed by atoms with E-state index in [0.29, 0.717) is 19.8 Å². The molecule has 5 heteroatoms. The van der Waals surface area contributed by atoms with Gasteiger partial charge in [0.15, 0.2) is 0 Å². The highest BCUT2D eigenvalue weighted by Crippen LogP contribution is 2.31. The highest BCUT2D eigenvalue weighted by Gasteiger charge is 2.35. The number of fused-ring (bicyclic) bond motifs is 1. The molecule has 1 aromatic rings. The normalized spacial score (nSPS) is 27.8. The largest absolute Gasteiger partial charge is 0.375 e. The highest BCUT2D eigenvalue weighted by atomic mass is 16.5. The topological polar surface area (TPSA) is 67.6 Å². The van der Waals surface area contributed by atoms with Gasteiger partial charge in [0.25, 0.3) is 0 Å². The third-order valence-electron chi connectivity index (χ3n) is 3.96. The van der Waals surface area contributed by atoms with Crippen molar-refractivity contribution in [2.75, 3.05) is 26.2 Å². The fourth-order valence-electron chi connectivity index (χ4n) is 2.99. The van der Waals surface area contributed by atoms with Crippen molar-refractivity contribution >= 4 is 5.91 Å². The monoisotopic (exact) mass is 261 g/mol. The lowest BCUT2D eigenvalue weighted by Crippen LogP contribution is -2.58. The van der Waals surface area contributed by atoms with Crippen molar-refractivity contribution < 1.29 is 9.53 Å². The number of nitrogens with zero attached hydrogens (tertiary/aromatic N) is 1. The quantitative estimate of drug-likeness (QED) is 0.787. The summed E-state index contributed by atoms with van der Waals surface area (Å²) in [7, 11) is 0. The zero-order valence-electron chi connectivity index (χ0n) is 10.8. The molecule has 1 saturated heterocycles. The van der Waals surface area contributed by atoms with Crippen molar-refractivity contribution in [2.45, 2.75) is 18.7 Å². The molecule has 0 aromatic heterocycles. The average Bonchev–Trinajstić information content (AvgIpc) is 2.46. The van der Waals surface area contributed by atoms with E-state index in [1.807, 2.05) is 12.1 Å². The molecule has 2 unspecified atom stereocenters. The van der Waals surface area contributed by atoms with Crippen LogP contribution in [0.2, 0.25) is 0 Å². The lowest BCUT2D eigenvalue weighted by atomic mass is 9.95. The number of ether oxygens (including phenoxy) is 1. The van der Waals surface area contributed by atoms with Crippen LogP contribution < -0.4 is 11.1 Å². The number of primary amides is 1. The number of carbonyl (C=O) groups is 1. The van der Waals surface area contributed by atoms with Gasteiger partial charge in [0.2, 0.25) is 5.91 Å². The van der Waals surface area contributed by atoms with Gasteiger partial charge >= 0.3 is 0 Å². The first-order valence-corrected chi connectivity index (χ1v) is 6.68. The Morgan fingerprint density at radius 1 is 1.42 bits per heavy atom. The van der Waals surface area contributed by atoms with Gasteiger partial charge < -0.3 is 15.8 Å². The van der Waals surface area contributed by atoms with Gasteiger partial charge in [-0.15, -0.1) is 0 Å². The van der Waals surface area contributed by atoms with E-state index >= 15 is 0 Å². The maximum absolute atomic E-state index is 11.6. The van der Waals surface area contributed by atoms with Gasteiger partial charge in [0.05, 0.1) is 19.3 Å². The van der Waals surface area contributed by atoms with Crippen molar-refractivity contribution in [2.24, 2.45) is 5.73 Å². The molecular formula is C14H19N3O2. The predicted octanol–water partition coefficient (Wildman–Crippen LogP) is 0.0170. The summed E-state index contributed by atoms with van der Waals surface area (Å²) >= 11 is 0. The average molecular weight is 261 g/mol. The Morgan fingerprint density at radius 2 is 2.26 bits per heavy atom. The van der Waals surface area contributed by atoms with Crippen LogP contribution in [0.25, 0.3) is 0 Å². The molecule has 1 fully saturated rings. The molecule has 0 saturated carbocycles. The van der Waals surface area contributed by atoms with Gasteiger partial charge in [-0.25, -0.2) is 0 Å². The van der Waals surface area contributed by atoms with Crippen molar-refractivity contribution in [3.63, 3.8) is 0 Å². The van der Waals surface area contributed by atoms with Crippen LogP contribution in [-0.4, -0.2) is 43.1 Å². The number of nitrogens with one attached hydrogen (secondary N) is 1. The Hall–Kier alpha value is -1.43. The molecule has 19 heavy (non-hydrogen) atoms. The van der Waals surface area contributed by atoms with Gasteiger partial charge in [-0.2, -0.15) is 0 Å². The predicted molar refractivity (Wildman–Crippen MR) is 71.4 cm³/mol. The van der Waals surface area contributed by atoms with Crippen molar-refractivity contribution in [1.29, 1.82) is 0 Å². The van der Waals surface area contributed by atoms with Crippen LogP contribution in [0.5, 0.6) is 0 Å². The Morgan fingerprint density at radius 3 is 3.11 bits per heavy atom. The van der Waals surface area contributed by atoms with Crippen LogP contribution in [0.4, 0.5) is 0 Å². The fourth-order valence-corrected chi connectivity index (χ4v) is 2.99. The maximum Gasteiger partial charge on any atom is 0.236 e. The van der Waals surface area contributed by atoms with Crippen LogP contribution in [0.1, 0.15) is 17.2 Å². The van der Waals surface area contributed by atoms with Crippen LogP contribution in [-0.2, 0) is 16.1 Å². The summed E-state index contributed by atoms with van der Waals surface area (Å²) in [5.41, 5.74) is 8.00. The number of benzene rings is 1. The molecule has 3 N–H and O–H groups in total. The Balaban J connectivity index is 1.91. The Bertz CT molecular complexity index is 478. The van der Waals surface area contributed by atoms with E-state index < -0.39 is 0 Å². The molecule has 2 aliphatic heterocycles. The van der Waals surface area contributed by atoms with Crippen molar-refractivity contribution in [3.8, 4) is 0 Å². The lowest BCUT2D eigenvalue weighted by Gasteiger charge is -2.42. The number of carbonyl (C=O) groups excluding carboxylic acids is 1. The summed E-state index contributed by atoms with van der Waals surface area (Å²) in [6, 6.07) is 8.15. The van der Waals surface area contributed by atoms with Crippen LogP contribution >= 0.6 is 0 Å². The molecular weight excluding hydrogens is 242 g/mol. The minimum absolute atomic E-state index is 0.129. The number of amides is 1. The van der Waals surface area contributed by atoms with Crippen LogP contribution in [0, 0.1) is 0 Å².